The topological polar surface area (TPSA) is 59.0 Å². The molecule has 1 heterocycles. The molecule has 0 saturated carbocycles. The Kier molecular flexibility index (Phi) is 5.73. The number of oxime groups is 1. The summed E-state index contributed by atoms with van der Waals surface area (Å²) in [7, 11) is 0. The highest BCUT2D eigenvalue weighted by molar-refractivity contribution is 6.54. The highest BCUT2D eigenvalue weighted by Crippen LogP contribution is 2.34. The minimum Gasteiger partial charge on any atom is -0.316 e. The molecular weight excluding hydrogens is 422 g/mol. The van der Waals surface area contributed by atoms with Gasteiger partial charge in [0, 0.05) is 10.6 Å². The first kappa shape index (κ1) is 19.0. The number of benzene rings is 2. The van der Waals surface area contributed by atoms with Crippen LogP contribution in [-0.2, 0) is 21.0 Å². The number of carbonyl (C=O) groups excluding carboxylic acids is 2. The van der Waals surface area contributed by atoms with E-state index < -0.39 is 11.9 Å². The van der Waals surface area contributed by atoms with E-state index in [4.69, 9.17) is 46.4 Å². The molecule has 0 bridgehead atoms. The number of fused-ring (bicyclic) bond motifs is 1. The van der Waals surface area contributed by atoms with Crippen LogP contribution in [0.5, 0.6) is 0 Å². The van der Waals surface area contributed by atoms with Gasteiger partial charge in [-0.15, -0.1) is 11.6 Å². The standard InChI is InChI=1S/C17H10Cl4N2O3/c18-7-15(24)26-22-16-11-6-10(19)2-4-14(11)23(17(16)25)8-9-1-3-12(20)13(21)5-9/h1-6H,7-8H2/b22-16-. The van der Waals surface area contributed by atoms with Crippen molar-refractivity contribution in [1.29, 1.82) is 0 Å². The van der Waals surface area contributed by atoms with Gasteiger partial charge in [0.05, 0.1) is 22.3 Å². The number of hydrogen-bond donors (Lipinski definition) is 0. The van der Waals surface area contributed by atoms with E-state index >= 15 is 0 Å². The normalized spacial score (nSPS) is 14.7. The molecule has 0 fully saturated rings. The lowest BCUT2D eigenvalue weighted by Crippen LogP contribution is -2.29. The number of carbonyl (C=O) groups is 2. The molecule has 0 atom stereocenters. The summed E-state index contributed by atoms with van der Waals surface area (Å²) >= 11 is 23.4. The van der Waals surface area contributed by atoms with Crippen LogP contribution in [0.25, 0.3) is 0 Å². The van der Waals surface area contributed by atoms with E-state index in [2.05, 4.69) is 9.99 Å². The molecule has 0 radical (unpaired) electrons. The number of rotatable bonds is 4. The average molecular weight is 432 g/mol. The Morgan fingerprint density at radius 2 is 1.85 bits per heavy atom. The number of halogens is 4. The second-order valence-electron chi connectivity index (χ2n) is 5.34. The van der Waals surface area contributed by atoms with Gasteiger partial charge < -0.3 is 9.74 Å². The smallest absolute Gasteiger partial charge is 0.316 e. The second kappa shape index (κ2) is 7.84. The van der Waals surface area contributed by atoms with Crippen LogP contribution in [0.15, 0.2) is 41.6 Å². The van der Waals surface area contributed by atoms with Gasteiger partial charge in [-0.25, -0.2) is 4.79 Å². The van der Waals surface area contributed by atoms with Crippen LogP contribution in [0.4, 0.5) is 5.69 Å². The summed E-state index contributed by atoms with van der Waals surface area (Å²) in [5.41, 5.74) is 1.80. The minimum absolute atomic E-state index is 0.0268. The van der Waals surface area contributed by atoms with Gasteiger partial charge in [-0.1, -0.05) is 46.0 Å². The van der Waals surface area contributed by atoms with E-state index in [-0.39, 0.29) is 18.1 Å². The molecule has 5 nitrogen and oxygen atoms in total. The Bertz CT molecular complexity index is 930. The van der Waals surface area contributed by atoms with Crippen molar-refractivity contribution in [3.8, 4) is 0 Å². The number of amides is 1. The summed E-state index contributed by atoms with van der Waals surface area (Å²) in [5.74, 6) is -1.57. The Morgan fingerprint density at radius 1 is 1.08 bits per heavy atom. The monoisotopic (exact) mass is 430 g/mol. The first-order valence-electron chi connectivity index (χ1n) is 7.30. The summed E-state index contributed by atoms with van der Waals surface area (Å²) in [6.45, 7) is 0.229. The maximum atomic E-state index is 12.8. The molecule has 0 aliphatic carbocycles. The van der Waals surface area contributed by atoms with Crippen LogP contribution in [-0.4, -0.2) is 23.5 Å². The van der Waals surface area contributed by atoms with E-state index in [0.717, 1.165) is 5.56 Å². The van der Waals surface area contributed by atoms with E-state index in [9.17, 15) is 9.59 Å². The minimum atomic E-state index is -0.765. The summed E-state index contributed by atoms with van der Waals surface area (Å²) < 4.78 is 0. The number of alkyl halides is 1. The molecule has 0 unspecified atom stereocenters. The first-order valence-corrected chi connectivity index (χ1v) is 8.97. The van der Waals surface area contributed by atoms with Crippen LogP contribution in [0.3, 0.4) is 0 Å². The highest BCUT2D eigenvalue weighted by Gasteiger charge is 2.35. The summed E-state index contributed by atoms with van der Waals surface area (Å²) in [4.78, 5) is 30.2. The van der Waals surface area contributed by atoms with Gasteiger partial charge in [-0.2, -0.15) is 0 Å². The molecule has 2 aromatic carbocycles. The fourth-order valence-electron chi connectivity index (χ4n) is 2.47. The lowest BCUT2D eigenvalue weighted by atomic mass is 10.1. The SMILES string of the molecule is O=C(CCl)O/N=C1\C(=O)N(Cc2ccc(Cl)c(Cl)c2)c2ccc(Cl)cc21. The van der Waals surface area contributed by atoms with Gasteiger partial charge >= 0.3 is 5.97 Å². The van der Waals surface area contributed by atoms with Crippen molar-refractivity contribution in [1.82, 2.24) is 0 Å². The van der Waals surface area contributed by atoms with Gasteiger partial charge in [0.25, 0.3) is 5.91 Å². The number of nitrogens with zero attached hydrogens (tertiary/aromatic N) is 2. The third kappa shape index (κ3) is 3.81. The Hall–Kier alpha value is -1.79. The molecule has 1 amide bonds. The number of hydrogen-bond acceptors (Lipinski definition) is 4. The van der Waals surface area contributed by atoms with Crippen LogP contribution in [0, 0.1) is 0 Å². The van der Waals surface area contributed by atoms with Gasteiger partial charge in [-0.05, 0) is 35.9 Å². The summed E-state index contributed by atoms with van der Waals surface area (Å²) in [6.07, 6.45) is 0. The third-order valence-electron chi connectivity index (χ3n) is 3.62. The molecule has 0 saturated heterocycles. The van der Waals surface area contributed by atoms with Crippen molar-refractivity contribution < 1.29 is 14.4 Å². The lowest BCUT2D eigenvalue weighted by Gasteiger charge is -2.17. The fraction of sp³-hybridized carbons (Fsp3) is 0.118. The Morgan fingerprint density at radius 3 is 2.54 bits per heavy atom. The molecule has 2 aromatic rings. The van der Waals surface area contributed by atoms with Crippen molar-refractivity contribution in [3.05, 3.63) is 62.6 Å². The van der Waals surface area contributed by atoms with Crippen molar-refractivity contribution in [2.45, 2.75) is 6.54 Å². The van der Waals surface area contributed by atoms with Crippen molar-refractivity contribution >= 4 is 69.7 Å². The van der Waals surface area contributed by atoms with Crippen LogP contribution < -0.4 is 4.90 Å². The van der Waals surface area contributed by atoms with Gasteiger partial charge in [0.1, 0.15) is 5.88 Å². The maximum absolute atomic E-state index is 12.8. The van der Waals surface area contributed by atoms with Crippen LogP contribution in [0.1, 0.15) is 11.1 Å². The quantitative estimate of drug-likeness (QED) is 0.401. The largest absolute Gasteiger partial charge is 0.349 e. The molecule has 0 spiro atoms. The lowest BCUT2D eigenvalue weighted by molar-refractivity contribution is -0.140. The zero-order chi connectivity index (χ0) is 18.8. The van der Waals surface area contributed by atoms with Crippen LogP contribution >= 0.6 is 46.4 Å². The highest BCUT2D eigenvalue weighted by atomic mass is 35.5. The second-order valence-corrected chi connectivity index (χ2v) is 6.86. The van der Waals surface area contributed by atoms with Gasteiger partial charge in [-0.3, -0.25) is 4.79 Å². The fourth-order valence-corrected chi connectivity index (χ4v) is 3.01. The Labute approximate surface area is 169 Å². The molecule has 1 aliphatic heterocycles. The maximum Gasteiger partial charge on any atom is 0.349 e. The summed E-state index contributed by atoms with van der Waals surface area (Å²) in [6, 6.07) is 10.0. The average Bonchev–Trinajstić information content (AvgIpc) is 2.87. The predicted molar refractivity (Wildman–Crippen MR) is 102 cm³/mol. The van der Waals surface area contributed by atoms with Gasteiger partial charge in [0.15, 0.2) is 5.71 Å². The van der Waals surface area contributed by atoms with Crippen molar-refractivity contribution in [2.24, 2.45) is 5.16 Å². The van der Waals surface area contributed by atoms with E-state index in [1.54, 1.807) is 36.4 Å². The zero-order valence-electron chi connectivity index (χ0n) is 13.0. The van der Waals surface area contributed by atoms with Gasteiger partial charge in [0.2, 0.25) is 0 Å². The molecule has 9 heteroatoms. The van der Waals surface area contributed by atoms with Crippen LogP contribution in [0.2, 0.25) is 15.1 Å². The molecule has 3 rings (SSSR count). The molecule has 0 aromatic heterocycles. The Balaban J connectivity index is 1.98. The number of anilines is 1. The van der Waals surface area contributed by atoms with Crippen molar-refractivity contribution in [3.63, 3.8) is 0 Å². The molecular formula is C17H10Cl4N2O3. The van der Waals surface area contributed by atoms with E-state index in [1.807, 2.05) is 0 Å². The van der Waals surface area contributed by atoms with E-state index in [0.29, 0.717) is 26.3 Å². The molecule has 1 aliphatic rings. The van der Waals surface area contributed by atoms with Crippen molar-refractivity contribution in [2.75, 3.05) is 10.8 Å². The molecule has 134 valence electrons. The molecule has 26 heavy (non-hydrogen) atoms. The third-order valence-corrected chi connectivity index (χ3v) is 4.82. The predicted octanol–water partition coefficient (Wildman–Crippen LogP) is 4.68. The zero-order valence-corrected chi connectivity index (χ0v) is 16.0. The molecule has 0 N–H and O–H groups in total. The van der Waals surface area contributed by atoms with E-state index in [1.165, 1.54) is 4.90 Å². The first-order chi connectivity index (χ1) is 12.4. The summed E-state index contributed by atoms with van der Waals surface area (Å²) in [5, 5.41) is 4.90.